The van der Waals surface area contributed by atoms with Gasteiger partial charge in [0, 0.05) is 23.6 Å². The molecule has 2 aromatic heterocycles. The van der Waals surface area contributed by atoms with Crippen molar-refractivity contribution in [1.82, 2.24) is 9.97 Å². The van der Waals surface area contributed by atoms with E-state index < -0.39 is 11.8 Å². The summed E-state index contributed by atoms with van der Waals surface area (Å²) in [6.45, 7) is 2.20. The topological polar surface area (TPSA) is 64.2 Å². The number of aromatic amines is 1. The number of H-pyrrole nitrogens is 1. The fourth-order valence-corrected chi connectivity index (χ4v) is 3.53. The molecule has 4 aromatic rings. The number of carbonyl (C=O) groups is 1. The summed E-state index contributed by atoms with van der Waals surface area (Å²) >= 11 is 0. The maximum Gasteiger partial charge on any atom is 0.356 e. The van der Waals surface area contributed by atoms with Crippen LogP contribution in [-0.2, 0) is 11.2 Å². The monoisotopic (exact) mass is 404 g/mol. The van der Waals surface area contributed by atoms with E-state index >= 15 is 0 Å². The zero-order valence-corrected chi connectivity index (χ0v) is 16.7. The number of carbonyl (C=O) groups excluding carboxylic acids is 1. The first-order chi connectivity index (χ1) is 14.6. The molecule has 0 saturated carbocycles. The number of hydrogen-bond acceptors (Lipinski definition) is 4. The molecule has 2 heterocycles. The Morgan fingerprint density at radius 2 is 1.90 bits per heavy atom. The number of halogens is 1. The molecule has 6 heteroatoms. The summed E-state index contributed by atoms with van der Waals surface area (Å²) < 4.78 is 24.8. The summed E-state index contributed by atoms with van der Waals surface area (Å²) in [6.07, 6.45) is 0.419. The van der Waals surface area contributed by atoms with Gasteiger partial charge < -0.3 is 14.5 Å². The van der Waals surface area contributed by atoms with Crippen molar-refractivity contribution in [1.29, 1.82) is 0 Å². The molecule has 0 aliphatic heterocycles. The molecule has 0 atom stereocenters. The number of hydrogen-bond donors (Lipinski definition) is 1. The van der Waals surface area contributed by atoms with Crippen LogP contribution in [0.1, 0.15) is 28.7 Å². The molecule has 0 saturated heterocycles. The van der Waals surface area contributed by atoms with Gasteiger partial charge >= 0.3 is 5.97 Å². The summed E-state index contributed by atoms with van der Waals surface area (Å²) in [5.41, 5.74) is 4.45. The number of ether oxygens (including phenoxy) is 2. The number of aromatic nitrogens is 2. The van der Waals surface area contributed by atoms with Gasteiger partial charge in [-0.15, -0.1) is 0 Å². The van der Waals surface area contributed by atoms with E-state index in [1.807, 2.05) is 43.3 Å². The molecule has 0 fully saturated rings. The molecule has 0 aliphatic carbocycles. The third kappa shape index (κ3) is 3.76. The predicted molar refractivity (Wildman–Crippen MR) is 113 cm³/mol. The molecule has 30 heavy (non-hydrogen) atoms. The van der Waals surface area contributed by atoms with Gasteiger partial charge in [-0.05, 0) is 36.2 Å². The molecule has 152 valence electrons. The molecule has 0 bridgehead atoms. The minimum Gasteiger partial charge on any atom is -0.491 e. The quantitative estimate of drug-likeness (QED) is 0.452. The van der Waals surface area contributed by atoms with Gasteiger partial charge in [0.2, 0.25) is 0 Å². The summed E-state index contributed by atoms with van der Waals surface area (Å²) in [6, 6.07) is 18.2. The van der Waals surface area contributed by atoms with Crippen LogP contribution in [0.25, 0.3) is 22.2 Å². The number of pyridine rings is 1. The fraction of sp³-hybridized carbons (Fsp3) is 0.167. The van der Waals surface area contributed by atoms with E-state index in [0.29, 0.717) is 18.7 Å². The minimum atomic E-state index is -0.494. The second-order valence-corrected chi connectivity index (χ2v) is 6.79. The van der Waals surface area contributed by atoms with Crippen molar-refractivity contribution in [3.63, 3.8) is 0 Å². The van der Waals surface area contributed by atoms with Crippen molar-refractivity contribution >= 4 is 16.9 Å². The lowest BCUT2D eigenvalue weighted by atomic mass is 10.0. The summed E-state index contributed by atoms with van der Waals surface area (Å²) in [4.78, 5) is 19.7. The first-order valence-corrected chi connectivity index (χ1v) is 9.67. The van der Waals surface area contributed by atoms with Gasteiger partial charge in [0.15, 0.2) is 11.6 Å². The number of esters is 1. The highest BCUT2D eigenvalue weighted by molar-refractivity contribution is 5.92. The Hall–Kier alpha value is -3.67. The van der Waals surface area contributed by atoms with E-state index in [1.165, 1.54) is 13.2 Å². The summed E-state index contributed by atoms with van der Waals surface area (Å²) in [5, 5.41) is 0.750. The van der Waals surface area contributed by atoms with Gasteiger partial charge in [0.1, 0.15) is 5.69 Å². The van der Waals surface area contributed by atoms with E-state index in [4.69, 9.17) is 9.47 Å². The number of nitrogens with zero attached hydrogens (tertiary/aromatic N) is 1. The van der Waals surface area contributed by atoms with Crippen LogP contribution < -0.4 is 4.74 Å². The van der Waals surface area contributed by atoms with Crippen molar-refractivity contribution in [2.75, 3.05) is 13.7 Å². The van der Waals surface area contributed by atoms with Crippen molar-refractivity contribution in [2.24, 2.45) is 0 Å². The zero-order valence-electron chi connectivity index (χ0n) is 16.7. The Morgan fingerprint density at radius 1 is 1.10 bits per heavy atom. The van der Waals surface area contributed by atoms with Gasteiger partial charge in [-0.1, -0.05) is 36.4 Å². The van der Waals surface area contributed by atoms with Crippen LogP contribution in [0.2, 0.25) is 0 Å². The first kappa shape index (κ1) is 19.6. The Labute approximate surface area is 173 Å². The largest absolute Gasteiger partial charge is 0.491 e. The lowest BCUT2D eigenvalue weighted by molar-refractivity contribution is 0.0593. The lowest BCUT2D eigenvalue weighted by Crippen LogP contribution is -2.06. The molecular formula is C24H21FN2O3. The smallest absolute Gasteiger partial charge is 0.356 e. The maximum absolute atomic E-state index is 14.6. The van der Waals surface area contributed by atoms with Crippen molar-refractivity contribution in [2.45, 2.75) is 13.3 Å². The Kier molecular flexibility index (Phi) is 5.48. The minimum absolute atomic E-state index is 0.211. The molecule has 4 rings (SSSR count). The van der Waals surface area contributed by atoms with Crippen LogP contribution in [-0.4, -0.2) is 29.7 Å². The van der Waals surface area contributed by atoms with Crippen LogP contribution in [0.5, 0.6) is 5.75 Å². The van der Waals surface area contributed by atoms with Crippen LogP contribution in [0.3, 0.4) is 0 Å². The molecule has 5 nitrogen and oxygen atoms in total. The Morgan fingerprint density at radius 3 is 2.63 bits per heavy atom. The first-order valence-electron chi connectivity index (χ1n) is 9.67. The number of methoxy groups -OCH3 is 1. The van der Waals surface area contributed by atoms with E-state index in [-0.39, 0.29) is 11.4 Å². The zero-order chi connectivity index (χ0) is 21.1. The average Bonchev–Trinajstić information content (AvgIpc) is 3.11. The standard InChI is InChI=1S/C24H21FN2O3/c1-3-30-22-14-21-17(13-19(22)25)18(23(27-21)15-8-5-4-6-9-15)12-16-10-7-11-20(26-16)24(28)29-2/h4-11,13-14,27H,3,12H2,1-2H3. The number of benzene rings is 2. The second kappa shape index (κ2) is 8.37. The van der Waals surface area contributed by atoms with E-state index in [1.54, 1.807) is 18.2 Å². The Bertz CT molecular complexity index is 1200. The third-order valence-corrected chi connectivity index (χ3v) is 4.88. The van der Waals surface area contributed by atoms with Gasteiger partial charge in [0.05, 0.1) is 24.9 Å². The third-order valence-electron chi connectivity index (χ3n) is 4.88. The summed E-state index contributed by atoms with van der Waals surface area (Å²) in [5.74, 6) is -0.699. The number of rotatable bonds is 6. The molecule has 0 radical (unpaired) electrons. The molecule has 0 unspecified atom stereocenters. The fourth-order valence-electron chi connectivity index (χ4n) is 3.53. The molecular weight excluding hydrogens is 383 g/mol. The van der Waals surface area contributed by atoms with Crippen molar-refractivity contribution in [3.05, 3.63) is 83.4 Å². The Balaban J connectivity index is 1.86. The van der Waals surface area contributed by atoms with Gasteiger partial charge in [-0.25, -0.2) is 14.2 Å². The lowest BCUT2D eigenvalue weighted by Gasteiger charge is -2.07. The highest BCUT2D eigenvalue weighted by Crippen LogP contribution is 2.35. The highest BCUT2D eigenvalue weighted by atomic mass is 19.1. The van der Waals surface area contributed by atoms with Gasteiger partial charge in [0.25, 0.3) is 0 Å². The van der Waals surface area contributed by atoms with Crippen LogP contribution in [0.15, 0.2) is 60.7 Å². The molecule has 1 N–H and O–H groups in total. The number of nitrogens with one attached hydrogen (secondary N) is 1. The number of fused-ring (bicyclic) bond motifs is 1. The van der Waals surface area contributed by atoms with Crippen LogP contribution in [0.4, 0.5) is 4.39 Å². The van der Waals surface area contributed by atoms with Gasteiger partial charge in [-0.2, -0.15) is 0 Å². The van der Waals surface area contributed by atoms with E-state index in [9.17, 15) is 9.18 Å². The SMILES string of the molecule is CCOc1cc2[nH]c(-c3ccccc3)c(Cc3cccc(C(=O)OC)n3)c2cc1F. The molecule has 0 spiro atoms. The summed E-state index contributed by atoms with van der Waals surface area (Å²) in [7, 11) is 1.32. The van der Waals surface area contributed by atoms with Crippen molar-refractivity contribution in [3.8, 4) is 17.0 Å². The van der Waals surface area contributed by atoms with Gasteiger partial charge in [-0.3, -0.25) is 0 Å². The molecule has 0 amide bonds. The second-order valence-electron chi connectivity index (χ2n) is 6.79. The van der Waals surface area contributed by atoms with E-state index in [0.717, 1.165) is 27.7 Å². The molecule has 2 aromatic carbocycles. The van der Waals surface area contributed by atoms with Crippen LogP contribution >= 0.6 is 0 Å². The average molecular weight is 404 g/mol. The predicted octanol–water partition coefficient (Wildman–Crippen LogP) is 5.15. The van der Waals surface area contributed by atoms with E-state index in [2.05, 4.69) is 9.97 Å². The normalized spacial score (nSPS) is 10.9. The van der Waals surface area contributed by atoms with Crippen molar-refractivity contribution < 1.29 is 18.7 Å². The van der Waals surface area contributed by atoms with Crippen LogP contribution in [0, 0.1) is 5.82 Å². The molecule has 0 aliphatic rings. The maximum atomic E-state index is 14.6. The highest BCUT2D eigenvalue weighted by Gasteiger charge is 2.18.